The maximum atomic E-state index is 14.0. The summed E-state index contributed by atoms with van der Waals surface area (Å²) in [5, 5.41) is 5.73. The highest BCUT2D eigenvalue weighted by molar-refractivity contribution is 5.92. The van der Waals surface area contributed by atoms with Crippen molar-refractivity contribution < 1.29 is 19.1 Å². The molecule has 0 fully saturated rings. The van der Waals surface area contributed by atoms with Crippen molar-refractivity contribution in [1.29, 1.82) is 0 Å². The fourth-order valence-corrected chi connectivity index (χ4v) is 4.16. The predicted molar refractivity (Wildman–Crippen MR) is 147 cm³/mol. The molecule has 0 saturated carbocycles. The average molecular weight is 508 g/mol. The van der Waals surface area contributed by atoms with E-state index in [1.54, 1.807) is 26.8 Å². The van der Waals surface area contributed by atoms with E-state index in [9.17, 15) is 14.4 Å². The summed E-state index contributed by atoms with van der Waals surface area (Å²) < 4.78 is 5.41. The number of aryl methyl sites for hydroxylation is 2. The zero-order valence-corrected chi connectivity index (χ0v) is 23.1. The highest BCUT2D eigenvalue weighted by Gasteiger charge is 2.38. The first-order valence-electron chi connectivity index (χ1n) is 12.6. The fraction of sp³-hybridized carbons (Fsp3) is 0.433. The lowest BCUT2D eigenvalue weighted by molar-refractivity contribution is -0.142. The number of carbonyl (C=O) groups excluding carboxylic acids is 3. The number of nitrogens with one attached hydrogen (secondary N) is 2. The second kappa shape index (κ2) is 13.1. The van der Waals surface area contributed by atoms with E-state index in [2.05, 4.69) is 17.2 Å². The molecule has 3 amide bonds. The Balaban J connectivity index is 2.49. The van der Waals surface area contributed by atoms with E-state index < -0.39 is 23.8 Å². The van der Waals surface area contributed by atoms with Crippen LogP contribution in [0.15, 0.2) is 61.2 Å². The van der Waals surface area contributed by atoms with Crippen LogP contribution < -0.4 is 10.6 Å². The highest BCUT2D eigenvalue weighted by atomic mass is 16.6. The van der Waals surface area contributed by atoms with Crippen LogP contribution in [0.3, 0.4) is 0 Å². The molecule has 2 rings (SSSR count). The molecule has 2 unspecified atom stereocenters. The Bertz CT molecular complexity index is 1070. The van der Waals surface area contributed by atoms with Crippen LogP contribution in [0.25, 0.3) is 0 Å². The van der Waals surface area contributed by atoms with E-state index in [0.29, 0.717) is 6.54 Å². The molecule has 7 nitrogen and oxygen atoms in total. The molecule has 0 aliphatic carbocycles. The van der Waals surface area contributed by atoms with Gasteiger partial charge in [0.1, 0.15) is 17.7 Å². The molecule has 0 aromatic heterocycles. The number of alkyl carbamates (subject to hydrolysis) is 1. The van der Waals surface area contributed by atoms with Crippen molar-refractivity contribution in [2.75, 3.05) is 6.54 Å². The van der Waals surface area contributed by atoms with Gasteiger partial charge in [-0.05, 0) is 62.8 Å². The molecule has 200 valence electrons. The van der Waals surface area contributed by atoms with E-state index in [1.807, 2.05) is 76.2 Å². The van der Waals surface area contributed by atoms with Crippen LogP contribution in [0.4, 0.5) is 4.79 Å². The molecule has 0 radical (unpaired) electrons. The van der Waals surface area contributed by atoms with Gasteiger partial charge in [-0.3, -0.25) is 9.59 Å². The van der Waals surface area contributed by atoms with E-state index >= 15 is 0 Å². The van der Waals surface area contributed by atoms with Gasteiger partial charge in [-0.2, -0.15) is 0 Å². The van der Waals surface area contributed by atoms with Gasteiger partial charge in [-0.25, -0.2) is 4.79 Å². The molecule has 0 aliphatic heterocycles. The smallest absolute Gasteiger partial charge is 0.408 e. The molecule has 2 N–H and O–H groups in total. The van der Waals surface area contributed by atoms with Crippen LogP contribution >= 0.6 is 0 Å². The molecule has 0 bridgehead atoms. The first-order valence-corrected chi connectivity index (χ1v) is 12.6. The zero-order valence-electron chi connectivity index (χ0n) is 23.1. The summed E-state index contributed by atoms with van der Waals surface area (Å²) in [7, 11) is 0. The van der Waals surface area contributed by atoms with Gasteiger partial charge in [0.15, 0.2) is 0 Å². The summed E-state index contributed by atoms with van der Waals surface area (Å²) in [6, 6.07) is 13.6. The number of amides is 3. The van der Waals surface area contributed by atoms with Crippen LogP contribution in [0.2, 0.25) is 0 Å². The van der Waals surface area contributed by atoms with Gasteiger partial charge >= 0.3 is 6.09 Å². The summed E-state index contributed by atoms with van der Waals surface area (Å²) in [5.41, 5.74) is 2.77. The molecule has 37 heavy (non-hydrogen) atoms. The monoisotopic (exact) mass is 507 g/mol. The van der Waals surface area contributed by atoms with Gasteiger partial charge in [-0.15, -0.1) is 6.58 Å². The summed E-state index contributed by atoms with van der Waals surface area (Å²) >= 11 is 0. The Morgan fingerprint density at radius 1 is 1.00 bits per heavy atom. The van der Waals surface area contributed by atoms with Crippen LogP contribution in [0.5, 0.6) is 0 Å². The van der Waals surface area contributed by atoms with Crippen molar-refractivity contribution in [3.8, 4) is 0 Å². The van der Waals surface area contributed by atoms with Crippen molar-refractivity contribution in [3.63, 3.8) is 0 Å². The van der Waals surface area contributed by atoms with Gasteiger partial charge in [-0.1, -0.05) is 68.5 Å². The maximum Gasteiger partial charge on any atom is 0.408 e. The highest BCUT2D eigenvalue weighted by Crippen LogP contribution is 2.29. The second-order valence-corrected chi connectivity index (χ2v) is 10.6. The molecule has 2 atom stereocenters. The van der Waals surface area contributed by atoms with Crippen molar-refractivity contribution in [1.82, 2.24) is 15.5 Å². The van der Waals surface area contributed by atoms with Crippen molar-refractivity contribution >= 4 is 17.9 Å². The minimum atomic E-state index is -0.919. The van der Waals surface area contributed by atoms with Gasteiger partial charge in [0.2, 0.25) is 11.8 Å². The fourth-order valence-electron chi connectivity index (χ4n) is 4.16. The molecule has 0 aliphatic rings. The summed E-state index contributed by atoms with van der Waals surface area (Å²) in [5.74, 6) is -0.946. The first kappa shape index (κ1) is 29.6. The molecule has 0 heterocycles. The maximum absolute atomic E-state index is 14.0. The van der Waals surface area contributed by atoms with Crippen molar-refractivity contribution in [2.45, 2.75) is 72.7 Å². The number of hydrogen-bond donors (Lipinski definition) is 2. The predicted octanol–water partition coefficient (Wildman–Crippen LogP) is 5.22. The molecule has 7 heteroatoms. The number of rotatable bonds is 10. The van der Waals surface area contributed by atoms with Gasteiger partial charge < -0.3 is 20.3 Å². The Labute approximate surface area is 221 Å². The molecule has 0 saturated heterocycles. The Morgan fingerprint density at radius 3 is 2.11 bits per heavy atom. The van der Waals surface area contributed by atoms with Crippen LogP contribution in [-0.2, 0) is 20.9 Å². The van der Waals surface area contributed by atoms with Crippen LogP contribution in [-0.4, -0.2) is 41.0 Å². The second-order valence-electron chi connectivity index (χ2n) is 10.6. The lowest BCUT2D eigenvalue weighted by Gasteiger charge is -2.36. The van der Waals surface area contributed by atoms with Crippen LogP contribution in [0.1, 0.15) is 62.9 Å². The normalized spacial score (nSPS) is 12.9. The molecule has 2 aromatic rings. The molecule has 0 spiro atoms. The summed E-state index contributed by atoms with van der Waals surface area (Å²) in [6.45, 7) is 17.1. The molecule has 2 aromatic carbocycles. The van der Waals surface area contributed by atoms with Gasteiger partial charge in [0.05, 0.1) is 0 Å². The SMILES string of the molecule is C=CCN(C(=O)C(NC(=O)OC(C)(C)C)C(C)C)C(C(=O)NCc1ccccc1)c1c(C)cccc1C. The van der Waals surface area contributed by atoms with Crippen LogP contribution in [0, 0.1) is 19.8 Å². The van der Waals surface area contributed by atoms with E-state index in [-0.39, 0.29) is 24.3 Å². The third-order valence-electron chi connectivity index (χ3n) is 5.90. The Kier molecular flexibility index (Phi) is 10.5. The number of hydrogen-bond acceptors (Lipinski definition) is 4. The Hall–Kier alpha value is -3.61. The van der Waals surface area contributed by atoms with E-state index in [1.165, 1.54) is 4.90 Å². The number of ether oxygens (including phenoxy) is 1. The minimum absolute atomic E-state index is 0.120. The Morgan fingerprint density at radius 2 is 1.59 bits per heavy atom. The third-order valence-corrected chi connectivity index (χ3v) is 5.90. The lowest BCUT2D eigenvalue weighted by Crippen LogP contribution is -2.55. The first-order chi connectivity index (χ1) is 17.4. The topological polar surface area (TPSA) is 87.7 Å². The molecular weight excluding hydrogens is 466 g/mol. The lowest BCUT2D eigenvalue weighted by atomic mass is 9.92. The number of benzene rings is 2. The quantitative estimate of drug-likeness (QED) is 0.432. The van der Waals surface area contributed by atoms with E-state index in [4.69, 9.17) is 4.74 Å². The van der Waals surface area contributed by atoms with E-state index in [0.717, 1.165) is 22.3 Å². The largest absolute Gasteiger partial charge is 0.444 e. The minimum Gasteiger partial charge on any atom is -0.444 e. The zero-order chi connectivity index (χ0) is 27.8. The summed E-state index contributed by atoms with van der Waals surface area (Å²) in [6.07, 6.45) is 0.906. The average Bonchev–Trinajstić information content (AvgIpc) is 2.81. The van der Waals surface area contributed by atoms with Crippen molar-refractivity contribution in [2.24, 2.45) is 5.92 Å². The van der Waals surface area contributed by atoms with Gasteiger partial charge in [0, 0.05) is 13.1 Å². The molecular formula is C30H41N3O4. The van der Waals surface area contributed by atoms with Gasteiger partial charge in [0.25, 0.3) is 0 Å². The third kappa shape index (κ3) is 8.48. The number of carbonyl (C=O) groups is 3. The number of nitrogens with zero attached hydrogens (tertiary/aromatic N) is 1. The summed E-state index contributed by atoms with van der Waals surface area (Å²) in [4.78, 5) is 41.9. The standard InChI is InChI=1S/C30H41N3O4/c1-9-18-33(28(35)25(20(2)3)32-29(36)37-30(6,7)8)26(24-21(4)14-13-15-22(24)5)27(34)31-19-23-16-11-10-12-17-23/h9-17,20,25-26H,1,18-19H2,2-8H3,(H,31,34)(H,32,36). The van der Waals surface area contributed by atoms with Crippen molar-refractivity contribution in [3.05, 3.63) is 83.4 Å².